The molecule has 1 aliphatic rings. The molecule has 0 heterocycles. The summed E-state index contributed by atoms with van der Waals surface area (Å²) >= 11 is 2.14. The highest BCUT2D eigenvalue weighted by atomic mass is 127. The predicted octanol–water partition coefficient (Wildman–Crippen LogP) is 2.19. The van der Waals surface area contributed by atoms with Gasteiger partial charge in [0.15, 0.2) is 0 Å². The van der Waals surface area contributed by atoms with Crippen LogP contribution in [0.4, 0.5) is 0 Å². The van der Waals surface area contributed by atoms with Crippen LogP contribution in [0.25, 0.3) is 0 Å². The Bertz CT molecular complexity index is 475. The summed E-state index contributed by atoms with van der Waals surface area (Å²) in [7, 11) is 0. The molecule has 18 heavy (non-hydrogen) atoms. The number of aryl methyl sites for hydroxylation is 1. The summed E-state index contributed by atoms with van der Waals surface area (Å²) in [6.07, 6.45) is 1.06. The lowest BCUT2D eigenvalue weighted by molar-refractivity contribution is -0.145. The Hall–Kier alpha value is -1.11. The van der Waals surface area contributed by atoms with E-state index in [-0.39, 0.29) is 17.9 Å². The average molecular weight is 359 g/mol. The van der Waals surface area contributed by atoms with Crippen LogP contribution in [-0.4, -0.2) is 23.0 Å². The van der Waals surface area contributed by atoms with Gasteiger partial charge in [0, 0.05) is 9.61 Å². The second-order valence-corrected chi connectivity index (χ2v) is 5.77. The number of carboxylic acid groups (broad SMARTS) is 1. The molecule has 2 rings (SSSR count). The van der Waals surface area contributed by atoms with Gasteiger partial charge < -0.3 is 10.4 Å². The van der Waals surface area contributed by atoms with Crippen molar-refractivity contribution in [1.82, 2.24) is 5.32 Å². The third-order valence-corrected chi connectivity index (χ3v) is 4.17. The number of nitrogens with one attached hydrogen (secondary N) is 1. The zero-order chi connectivity index (χ0) is 13.3. The number of amides is 1. The summed E-state index contributed by atoms with van der Waals surface area (Å²) in [5, 5.41) is 11.7. The molecule has 96 valence electrons. The minimum absolute atomic E-state index is 0.00555. The van der Waals surface area contributed by atoms with Gasteiger partial charge in [-0.05, 0) is 54.0 Å². The van der Waals surface area contributed by atoms with E-state index in [4.69, 9.17) is 5.11 Å². The highest BCUT2D eigenvalue weighted by Gasteiger charge is 2.35. The number of benzene rings is 1. The van der Waals surface area contributed by atoms with Crippen molar-refractivity contribution in [1.29, 1.82) is 0 Å². The van der Waals surface area contributed by atoms with Gasteiger partial charge in [-0.15, -0.1) is 0 Å². The second-order valence-electron chi connectivity index (χ2n) is 4.61. The molecule has 4 nitrogen and oxygen atoms in total. The first-order chi connectivity index (χ1) is 8.49. The fourth-order valence-corrected chi connectivity index (χ4v) is 2.99. The fraction of sp³-hybridized carbons (Fsp3) is 0.385. The number of aliphatic carboxylic acids is 1. The number of hydrogen-bond acceptors (Lipinski definition) is 2. The molecule has 1 aliphatic carbocycles. The molecule has 0 spiro atoms. The number of carbonyl (C=O) groups is 2. The van der Waals surface area contributed by atoms with Crippen LogP contribution in [0.3, 0.4) is 0 Å². The maximum Gasteiger partial charge on any atom is 0.306 e. The van der Waals surface area contributed by atoms with E-state index in [1.165, 1.54) is 0 Å². The summed E-state index contributed by atoms with van der Waals surface area (Å²) in [6.45, 7) is 1.90. The Kier molecular flexibility index (Phi) is 3.89. The smallest absolute Gasteiger partial charge is 0.306 e. The van der Waals surface area contributed by atoms with Gasteiger partial charge in [-0.25, -0.2) is 0 Å². The summed E-state index contributed by atoms with van der Waals surface area (Å²) in [5.74, 6) is -1.18. The molecular formula is C13H14INO3. The molecule has 0 aromatic heterocycles. The minimum atomic E-state index is -0.772. The van der Waals surface area contributed by atoms with E-state index in [1.807, 2.05) is 25.1 Å². The first kappa shape index (κ1) is 13.3. The molecule has 0 atom stereocenters. The van der Waals surface area contributed by atoms with Crippen molar-refractivity contribution in [2.45, 2.75) is 25.8 Å². The highest BCUT2D eigenvalue weighted by Crippen LogP contribution is 2.28. The lowest BCUT2D eigenvalue weighted by Gasteiger charge is -2.33. The predicted molar refractivity (Wildman–Crippen MR) is 75.5 cm³/mol. The second kappa shape index (κ2) is 5.26. The van der Waals surface area contributed by atoms with Gasteiger partial charge in [0.1, 0.15) is 0 Å². The quantitative estimate of drug-likeness (QED) is 0.814. The molecule has 1 aromatic carbocycles. The Morgan fingerprint density at radius 2 is 2.06 bits per heavy atom. The van der Waals surface area contributed by atoms with Crippen molar-refractivity contribution in [3.05, 3.63) is 32.9 Å². The molecule has 0 radical (unpaired) electrons. The van der Waals surface area contributed by atoms with Crippen molar-refractivity contribution in [3.8, 4) is 0 Å². The molecule has 0 bridgehead atoms. The molecule has 1 aromatic rings. The van der Waals surface area contributed by atoms with Crippen LogP contribution < -0.4 is 5.32 Å². The van der Waals surface area contributed by atoms with Gasteiger partial charge in [0.2, 0.25) is 0 Å². The maximum absolute atomic E-state index is 12.1. The first-order valence-electron chi connectivity index (χ1n) is 5.78. The largest absolute Gasteiger partial charge is 0.481 e. The normalized spacial score (nSPS) is 22.1. The van der Waals surface area contributed by atoms with E-state index in [9.17, 15) is 9.59 Å². The molecule has 2 N–H and O–H groups in total. The standard InChI is InChI=1S/C13H14INO3/c1-7-3-2-4-10(14)11(7)12(16)15-9-5-8(6-9)13(17)18/h2-4,8-9H,5-6H2,1H3,(H,15,16)(H,17,18). The fourth-order valence-electron chi connectivity index (χ4n) is 2.11. The molecule has 0 saturated heterocycles. The van der Waals surface area contributed by atoms with Crippen LogP contribution in [0.2, 0.25) is 0 Å². The zero-order valence-electron chi connectivity index (χ0n) is 9.94. The van der Waals surface area contributed by atoms with Crippen LogP contribution in [0.5, 0.6) is 0 Å². The maximum atomic E-state index is 12.1. The molecule has 1 amide bonds. The summed E-state index contributed by atoms with van der Waals surface area (Å²) < 4.78 is 0.916. The van der Waals surface area contributed by atoms with E-state index in [2.05, 4.69) is 27.9 Å². The molecule has 0 aliphatic heterocycles. The van der Waals surface area contributed by atoms with Crippen LogP contribution in [-0.2, 0) is 4.79 Å². The van der Waals surface area contributed by atoms with Gasteiger partial charge in [-0.2, -0.15) is 0 Å². The molecule has 1 saturated carbocycles. The minimum Gasteiger partial charge on any atom is -0.481 e. The summed E-state index contributed by atoms with van der Waals surface area (Å²) in [6, 6.07) is 5.70. The van der Waals surface area contributed by atoms with Crippen LogP contribution in [0, 0.1) is 16.4 Å². The molecule has 0 unspecified atom stereocenters. The number of rotatable bonds is 3. The summed E-state index contributed by atoms with van der Waals surface area (Å²) in [4.78, 5) is 22.8. The Labute approximate surface area is 119 Å². The van der Waals surface area contributed by atoms with Gasteiger partial charge in [-0.3, -0.25) is 9.59 Å². The highest BCUT2D eigenvalue weighted by molar-refractivity contribution is 14.1. The first-order valence-corrected chi connectivity index (χ1v) is 6.85. The van der Waals surface area contributed by atoms with Crippen molar-refractivity contribution in [2.24, 2.45) is 5.92 Å². The van der Waals surface area contributed by atoms with E-state index in [1.54, 1.807) is 0 Å². The van der Waals surface area contributed by atoms with Crippen LogP contribution >= 0.6 is 22.6 Å². The number of hydrogen-bond donors (Lipinski definition) is 2. The average Bonchev–Trinajstić information content (AvgIpc) is 2.21. The lowest BCUT2D eigenvalue weighted by Crippen LogP contribution is -2.47. The third kappa shape index (κ3) is 2.66. The monoisotopic (exact) mass is 359 g/mol. The Balaban J connectivity index is 2.00. The zero-order valence-corrected chi connectivity index (χ0v) is 12.1. The van der Waals surface area contributed by atoms with E-state index >= 15 is 0 Å². The van der Waals surface area contributed by atoms with Crippen molar-refractivity contribution in [2.75, 3.05) is 0 Å². The van der Waals surface area contributed by atoms with Gasteiger partial charge in [0.05, 0.1) is 11.5 Å². The number of carbonyl (C=O) groups excluding carboxylic acids is 1. The van der Waals surface area contributed by atoms with E-state index in [0.29, 0.717) is 18.4 Å². The molecular weight excluding hydrogens is 345 g/mol. The van der Waals surface area contributed by atoms with Crippen molar-refractivity contribution in [3.63, 3.8) is 0 Å². The SMILES string of the molecule is Cc1cccc(I)c1C(=O)NC1CC(C(=O)O)C1. The number of halogens is 1. The van der Waals surface area contributed by atoms with Crippen molar-refractivity contribution < 1.29 is 14.7 Å². The topological polar surface area (TPSA) is 66.4 Å². The Morgan fingerprint density at radius 3 is 2.61 bits per heavy atom. The van der Waals surface area contributed by atoms with Crippen LogP contribution in [0.1, 0.15) is 28.8 Å². The molecule has 1 fully saturated rings. The van der Waals surface area contributed by atoms with E-state index in [0.717, 1.165) is 9.13 Å². The van der Waals surface area contributed by atoms with Crippen molar-refractivity contribution >= 4 is 34.5 Å². The molecule has 5 heteroatoms. The van der Waals surface area contributed by atoms with Crippen LogP contribution in [0.15, 0.2) is 18.2 Å². The van der Waals surface area contributed by atoms with Gasteiger partial charge in [-0.1, -0.05) is 12.1 Å². The van der Waals surface area contributed by atoms with E-state index < -0.39 is 5.97 Å². The Morgan fingerprint density at radius 1 is 1.39 bits per heavy atom. The lowest BCUT2D eigenvalue weighted by atomic mass is 9.80. The van der Waals surface area contributed by atoms with Gasteiger partial charge >= 0.3 is 5.97 Å². The van der Waals surface area contributed by atoms with Gasteiger partial charge in [0.25, 0.3) is 5.91 Å². The third-order valence-electron chi connectivity index (χ3n) is 3.27. The summed E-state index contributed by atoms with van der Waals surface area (Å²) in [5.41, 5.74) is 1.63. The number of carboxylic acids is 1.